The van der Waals surface area contributed by atoms with Crippen LogP contribution in [0.4, 0.5) is 10.1 Å². The van der Waals surface area contributed by atoms with Crippen LogP contribution in [0.25, 0.3) is 0 Å². The summed E-state index contributed by atoms with van der Waals surface area (Å²) < 4.78 is 13.2. The van der Waals surface area contributed by atoms with Crippen molar-refractivity contribution in [1.29, 1.82) is 0 Å². The lowest BCUT2D eigenvalue weighted by Crippen LogP contribution is -2.43. The molecule has 0 spiro atoms. The molecular formula is C11H15FN2S. The number of rotatable bonds is 1. The van der Waals surface area contributed by atoms with Crippen LogP contribution in [0.1, 0.15) is 20.8 Å². The number of hydrogen-bond acceptors (Lipinski definition) is 1. The standard InChI is InChI=1S/C11H15FN2S/c1-11(2,3)14-10(15)13-9-7-5-4-6-8(9)12/h4-7H,1-3H3,(H2,13,14,15). The Morgan fingerprint density at radius 2 is 1.87 bits per heavy atom. The molecule has 0 unspecified atom stereocenters. The van der Waals surface area contributed by atoms with Crippen LogP contribution in [0.5, 0.6) is 0 Å². The number of hydrogen-bond donors (Lipinski definition) is 2. The van der Waals surface area contributed by atoms with Gasteiger partial charge in [0.1, 0.15) is 5.82 Å². The summed E-state index contributed by atoms with van der Waals surface area (Å²) in [5.41, 5.74) is 0.259. The summed E-state index contributed by atoms with van der Waals surface area (Å²) in [7, 11) is 0. The first-order valence-electron chi connectivity index (χ1n) is 4.72. The topological polar surface area (TPSA) is 24.1 Å². The molecule has 0 amide bonds. The number of thiocarbonyl (C=S) groups is 1. The second-order valence-electron chi connectivity index (χ2n) is 4.31. The second-order valence-corrected chi connectivity index (χ2v) is 4.72. The minimum atomic E-state index is -0.310. The molecule has 0 aromatic heterocycles. The Morgan fingerprint density at radius 1 is 1.27 bits per heavy atom. The Morgan fingerprint density at radius 3 is 2.40 bits per heavy atom. The van der Waals surface area contributed by atoms with Crippen LogP contribution in [0.15, 0.2) is 24.3 Å². The summed E-state index contributed by atoms with van der Waals surface area (Å²) in [4.78, 5) is 0. The number of benzene rings is 1. The molecule has 0 aliphatic rings. The van der Waals surface area contributed by atoms with Crippen LogP contribution in [-0.4, -0.2) is 10.7 Å². The lowest BCUT2D eigenvalue weighted by Gasteiger charge is -2.23. The molecule has 82 valence electrons. The highest BCUT2D eigenvalue weighted by atomic mass is 32.1. The third-order valence-electron chi connectivity index (χ3n) is 1.61. The molecule has 0 heterocycles. The van der Waals surface area contributed by atoms with Crippen LogP contribution in [0.3, 0.4) is 0 Å². The van der Waals surface area contributed by atoms with E-state index in [1.165, 1.54) is 6.07 Å². The number of anilines is 1. The fourth-order valence-corrected chi connectivity index (χ4v) is 1.47. The van der Waals surface area contributed by atoms with E-state index in [-0.39, 0.29) is 11.4 Å². The highest BCUT2D eigenvalue weighted by Gasteiger charge is 2.11. The fraction of sp³-hybridized carbons (Fsp3) is 0.364. The highest BCUT2D eigenvalue weighted by Crippen LogP contribution is 2.12. The summed E-state index contributed by atoms with van der Waals surface area (Å²) >= 11 is 5.05. The quantitative estimate of drug-likeness (QED) is 0.720. The van der Waals surface area contributed by atoms with Crippen molar-refractivity contribution in [3.63, 3.8) is 0 Å². The highest BCUT2D eigenvalue weighted by molar-refractivity contribution is 7.80. The zero-order valence-electron chi connectivity index (χ0n) is 9.10. The molecule has 0 fully saturated rings. The normalized spacial score (nSPS) is 10.9. The molecule has 1 aromatic carbocycles. The summed E-state index contributed by atoms with van der Waals surface area (Å²) in [6.45, 7) is 5.97. The lowest BCUT2D eigenvalue weighted by molar-refractivity contribution is 0.514. The third kappa shape index (κ3) is 4.25. The van der Waals surface area contributed by atoms with Crippen molar-refractivity contribution in [1.82, 2.24) is 5.32 Å². The van der Waals surface area contributed by atoms with E-state index >= 15 is 0 Å². The van der Waals surface area contributed by atoms with E-state index < -0.39 is 0 Å². The maximum Gasteiger partial charge on any atom is 0.171 e. The summed E-state index contributed by atoms with van der Waals surface area (Å²) in [5, 5.41) is 6.28. The van der Waals surface area contributed by atoms with Gasteiger partial charge in [-0.1, -0.05) is 12.1 Å². The van der Waals surface area contributed by atoms with Crippen molar-refractivity contribution in [2.45, 2.75) is 26.3 Å². The van der Waals surface area contributed by atoms with E-state index in [4.69, 9.17) is 12.2 Å². The van der Waals surface area contributed by atoms with Crippen molar-refractivity contribution >= 4 is 23.0 Å². The molecule has 1 aromatic rings. The summed E-state index contributed by atoms with van der Waals surface area (Å²) in [6.07, 6.45) is 0. The SMILES string of the molecule is CC(C)(C)NC(=S)Nc1ccccc1F. The molecule has 0 aliphatic carbocycles. The molecule has 0 atom stereocenters. The molecule has 4 heteroatoms. The van der Waals surface area contributed by atoms with Gasteiger partial charge in [-0.25, -0.2) is 4.39 Å². The van der Waals surface area contributed by atoms with Gasteiger partial charge in [-0.05, 0) is 45.1 Å². The maximum absolute atomic E-state index is 13.2. The van der Waals surface area contributed by atoms with Crippen LogP contribution in [-0.2, 0) is 0 Å². The molecular weight excluding hydrogens is 211 g/mol. The molecule has 0 saturated heterocycles. The van der Waals surface area contributed by atoms with Crippen molar-refractivity contribution in [2.24, 2.45) is 0 Å². The first-order valence-corrected chi connectivity index (χ1v) is 5.13. The predicted molar refractivity (Wildman–Crippen MR) is 65.5 cm³/mol. The van der Waals surface area contributed by atoms with Crippen molar-refractivity contribution in [2.75, 3.05) is 5.32 Å². The first-order chi connectivity index (χ1) is 6.88. The summed E-state index contributed by atoms with van der Waals surface area (Å²) in [5.74, 6) is -0.310. The van der Waals surface area contributed by atoms with Crippen molar-refractivity contribution < 1.29 is 4.39 Å². The monoisotopic (exact) mass is 226 g/mol. The smallest absolute Gasteiger partial charge is 0.171 e. The Balaban J connectivity index is 2.64. The molecule has 0 radical (unpaired) electrons. The van der Waals surface area contributed by atoms with Crippen LogP contribution < -0.4 is 10.6 Å². The minimum absolute atomic E-state index is 0.130. The maximum atomic E-state index is 13.2. The molecule has 0 aliphatic heterocycles. The molecule has 2 nitrogen and oxygen atoms in total. The average Bonchev–Trinajstić information content (AvgIpc) is 2.05. The Labute approximate surface area is 94.9 Å². The summed E-state index contributed by atoms with van der Waals surface area (Å²) in [6, 6.07) is 6.43. The number of halogens is 1. The minimum Gasteiger partial charge on any atom is -0.358 e. The van der Waals surface area contributed by atoms with Gasteiger partial charge in [0.2, 0.25) is 0 Å². The van der Waals surface area contributed by atoms with E-state index in [1.54, 1.807) is 18.2 Å². The van der Waals surface area contributed by atoms with Crippen molar-refractivity contribution in [3.8, 4) is 0 Å². The largest absolute Gasteiger partial charge is 0.358 e. The Hall–Kier alpha value is -1.16. The first kappa shape index (κ1) is 11.9. The van der Waals surface area contributed by atoms with Gasteiger partial charge in [0.25, 0.3) is 0 Å². The van der Waals surface area contributed by atoms with Crippen LogP contribution >= 0.6 is 12.2 Å². The van der Waals surface area contributed by atoms with E-state index in [0.717, 1.165) is 0 Å². The van der Waals surface area contributed by atoms with Crippen LogP contribution in [0.2, 0.25) is 0 Å². The molecule has 1 rings (SSSR count). The number of para-hydroxylation sites is 1. The number of nitrogens with one attached hydrogen (secondary N) is 2. The molecule has 15 heavy (non-hydrogen) atoms. The predicted octanol–water partition coefficient (Wildman–Crippen LogP) is 2.91. The van der Waals surface area contributed by atoms with Gasteiger partial charge >= 0.3 is 0 Å². The Bertz CT molecular complexity index is 358. The van der Waals surface area contributed by atoms with Crippen molar-refractivity contribution in [3.05, 3.63) is 30.1 Å². The van der Waals surface area contributed by atoms with E-state index in [0.29, 0.717) is 10.8 Å². The fourth-order valence-electron chi connectivity index (χ4n) is 1.06. The average molecular weight is 226 g/mol. The second kappa shape index (κ2) is 4.57. The van der Waals surface area contributed by atoms with E-state index in [2.05, 4.69) is 10.6 Å². The van der Waals surface area contributed by atoms with Gasteiger partial charge in [0.05, 0.1) is 5.69 Å². The van der Waals surface area contributed by atoms with E-state index in [1.807, 2.05) is 20.8 Å². The van der Waals surface area contributed by atoms with Crippen LogP contribution in [0, 0.1) is 5.82 Å². The van der Waals surface area contributed by atoms with Gasteiger partial charge in [-0.3, -0.25) is 0 Å². The third-order valence-corrected chi connectivity index (χ3v) is 1.81. The molecule has 0 bridgehead atoms. The Kier molecular flexibility index (Phi) is 3.63. The zero-order chi connectivity index (χ0) is 11.5. The zero-order valence-corrected chi connectivity index (χ0v) is 9.91. The van der Waals surface area contributed by atoms with Gasteiger partial charge in [0, 0.05) is 5.54 Å². The van der Waals surface area contributed by atoms with Gasteiger partial charge in [0.15, 0.2) is 5.11 Å². The molecule has 2 N–H and O–H groups in total. The molecule has 0 saturated carbocycles. The van der Waals surface area contributed by atoms with Gasteiger partial charge in [-0.2, -0.15) is 0 Å². The van der Waals surface area contributed by atoms with E-state index in [9.17, 15) is 4.39 Å². The van der Waals surface area contributed by atoms with Gasteiger partial charge < -0.3 is 10.6 Å². The van der Waals surface area contributed by atoms with Gasteiger partial charge in [-0.15, -0.1) is 0 Å². The lowest BCUT2D eigenvalue weighted by atomic mass is 10.1.